The molecular weight excluding hydrogens is 643 g/mol. The number of ether oxygens (including phenoxy) is 1. The number of aromatic nitrogens is 1. The zero-order valence-corrected chi connectivity index (χ0v) is 29.7. The van der Waals surface area contributed by atoms with Crippen LogP contribution in [0.3, 0.4) is 0 Å². The summed E-state index contributed by atoms with van der Waals surface area (Å²) in [5, 5.41) is 9.23. The van der Waals surface area contributed by atoms with Gasteiger partial charge in [-0.2, -0.15) is 0 Å². The number of nitrogens with zero attached hydrogens (tertiary/aromatic N) is 2. The molecule has 1 aromatic heterocycles. The minimum Gasteiger partial charge on any atom is -0.492 e. The van der Waals surface area contributed by atoms with Gasteiger partial charge in [0.15, 0.2) is 0 Å². The Morgan fingerprint density at radius 3 is 1.80 bits per heavy atom. The minimum atomic E-state index is -3.70. The molecule has 8 heteroatoms. The molecule has 0 bridgehead atoms. The molecule has 0 saturated carbocycles. The van der Waals surface area contributed by atoms with E-state index >= 15 is 0 Å². The number of hydrogen-bond acceptors (Lipinski definition) is 6. The fraction of sp³-hybridized carbons (Fsp3) is 0.167. The molecule has 7 nitrogen and oxygen atoms in total. The second-order valence-corrected chi connectivity index (χ2v) is 13.6. The third kappa shape index (κ3) is 9.24. The van der Waals surface area contributed by atoms with E-state index in [1.807, 2.05) is 37.3 Å². The van der Waals surface area contributed by atoms with Crippen molar-refractivity contribution in [2.24, 2.45) is 5.14 Å². The summed E-state index contributed by atoms with van der Waals surface area (Å²) in [5.74, 6) is 1.58. The number of sulfonamides is 1. The molecule has 50 heavy (non-hydrogen) atoms. The molecule has 0 aliphatic heterocycles. The normalized spacial score (nSPS) is 11.8. The minimum absolute atomic E-state index is 0.0756. The van der Waals surface area contributed by atoms with E-state index in [9.17, 15) is 8.42 Å². The summed E-state index contributed by atoms with van der Waals surface area (Å²) in [6.45, 7) is 5.65. The van der Waals surface area contributed by atoms with Crippen LogP contribution in [0.15, 0.2) is 149 Å². The van der Waals surface area contributed by atoms with Crippen LogP contribution in [-0.2, 0) is 10.0 Å². The second-order valence-electron chi connectivity index (χ2n) is 12.0. The number of hydrogen-bond donors (Lipinski definition) is 1. The molecular formula is C42H43N3O4S. The molecule has 0 aliphatic carbocycles. The Hall–Kier alpha value is -5.28. The van der Waals surface area contributed by atoms with Gasteiger partial charge in [-0.3, -0.25) is 0 Å². The lowest BCUT2D eigenvalue weighted by molar-refractivity contribution is 0.261. The van der Waals surface area contributed by atoms with E-state index in [4.69, 9.17) is 14.4 Å². The van der Waals surface area contributed by atoms with Gasteiger partial charge in [-0.1, -0.05) is 127 Å². The van der Waals surface area contributed by atoms with Crippen molar-refractivity contribution in [2.45, 2.75) is 25.2 Å². The van der Waals surface area contributed by atoms with Crippen LogP contribution in [0.5, 0.6) is 5.75 Å². The molecule has 1 heterocycles. The monoisotopic (exact) mass is 685 g/mol. The van der Waals surface area contributed by atoms with Crippen molar-refractivity contribution in [1.82, 2.24) is 10.1 Å². The Morgan fingerprint density at radius 2 is 1.26 bits per heavy atom. The first kappa shape index (κ1) is 36.0. The van der Waals surface area contributed by atoms with Crippen LogP contribution in [0.4, 0.5) is 0 Å². The van der Waals surface area contributed by atoms with Crippen molar-refractivity contribution in [3.05, 3.63) is 162 Å². The van der Waals surface area contributed by atoms with E-state index < -0.39 is 10.0 Å². The van der Waals surface area contributed by atoms with Gasteiger partial charge in [0, 0.05) is 12.1 Å². The SMILES string of the molecule is CC/C(=C(\c1ccccc1)c1ccc(OCCN(C)C)cc1)c1ccccc1.Cc1onc(-c2ccccc2)c1-c1ccc(S(N)(=O)=O)cc1. The number of primary sulfonamides is 1. The van der Waals surface area contributed by atoms with Crippen LogP contribution in [0.2, 0.25) is 0 Å². The lowest BCUT2D eigenvalue weighted by Crippen LogP contribution is -2.19. The summed E-state index contributed by atoms with van der Waals surface area (Å²) in [6, 6.07) is 45.8. The molecule has 0 radical (unpaired) electrons. The Bertz CT molecular complexity index is 2090. The number of rotatable bonds is 11. The summed E-state index contributed by atoms with van der Waals surface area (Å²) >= 11 is 0. The third-order valence-corrected chi connectivity index (χ3v) is 9.10. The smallest absolute Gasteiger partial charge is 0.238 e. The lowest BCUT2D eigenvalue weighted by Gasteiger charge is -2.17. The van der Waals surface area contributed by atoms with Gasteiger partial charge in [0.1, 0.15) is 23.8 Å². The van der Waals surface area contributed by atoms with Gasteiger partial charge in [0.05, 0.1) is 10.5 Å². The van der Waals surface area contributed by atoms with Crippen LogP contribution in [0.25, 0.3) is 33.5 Å². The van der Waals surface area contributed by atoms with E-state index in [0.717, 1.165) is 41.1 Å². The number of allylic oxidation sites excluding steroid dienone is 1. The van der Waals surface area contributed by atoms with E-state index in [2.05, 4.69) is 116 Å². The first-order chi connectivity index (χ1) is 24.2. The molecule has 0 spiro atoms. The maximum Gasteiger partial charge on any atom is 0.238 e. The summed E-state index contributed by atoms with van der Waals surface area (Å²) in [5.41, 5.74) is 9.69. The predicted octanol–water partition coefficient (Wildman–Crippen LogP) is 8.96. The molecule has 6 rings (SSSR count). The molecule has 0 saturated heterocycles. The van der Waals surface area contributed by atoms with Crippen molar-refractivity contribution in [3.8, 4) is 28.1 Å². The average Bonchev–Trinajstić information content (AvgIpc) is 3.53. The lowest BCUT2D eigenvalue weighted by atomic mass is 9.88. The molecule has 0 aliphatic rings. The van der Waals surface area contributed by atoms with E-state index in [-0.39, 0.29) is 4.90 Å². The quantitative estimate of drug-likeness (QED) is 0.137. The largest absolute Gasteiger partial charge is 0.492 e. The molecule has 256 valence electrons. The van der Waals surface area contributed by atoms with E-state index in [0.29, 0.717) is 12.4 Å². The van der Waals surface area contributed by atoms with Crippen LogP contribution in [0.1, 0.15) is 35.8 Å². The number of aryl methyl sites for hydroxylation is 1. The van der Waals surface area contributed by atoms with Gasteiger partial charge in [0.25, 0.3) is 0 Å². The first-order valence-corrected chi connectivity index (χ1v) is 18.1. The van der Waals surface area contributed by atoms with Gasteiger partial charge < -0.3 is 14.2 Å². The molecule has 0 atom stereocenters. The Kier molecular flexibility index (Phi) is 12.2. The summed E-state index contributed by atoms with van der Waals surface area (Å²) < 4.78 is 33.8. The highest BCUT2D eigenvalue weighted by atomic mass is 32.2. The Morgan fingerprint density at radius 1 is 0.720 bits per heavy atom. The molecule has 0 fully saturated rings. The van der Waals surface area contributed by atoms with Crippen LogP contribution in [-0.4, -0.2) is 45.7 Å². The fourth-order valence-electron chi connectivity index (χ4n) is 5.66. The standard InChI is InChI=1S/C26H29NO.C16H14N2O3S/c1-4-25(21-11-7-5-8-12-21)26(22-13-9-6-10-14-22)23-15-17-24(18-16-23)28-20-19-27(2)3;1-11-15(12-7-9-14(10-8-12)22(17,19)20)16(18-21-11)13-5-3-2-4-6-13/h5-18H,4,19-20H2,1-3H3;2-10H,1H3,(H2,17,19,20)/b26-25-;. The molecule has 5 aromatic carbocycles. The maximum absolute atomic E-state index is 11.3. The van der Waals surface area contributed by atoms with Crippen molar-refractivity contribution in [1.29, 1.82) is 0 Å². The number of benzene rings is 5. The zero-order chi connectivity index (χ0) is 35.5. The Balaban J connectivity index is 0.000000200. The topological polar surface area (TPSA) is 98.7 Å². The third-order valence-electron chi connectivity index (χ3n) is 8.17. The molecule has 0 unspecified atom stereocenters. The molecule has 0 amide bonds. The highest BCUT2D eigenvalue weighted by molar-refractivity contribution is 7.89. The summed E-state index contributed by atoms with van der Waals surface area (Å²) in [7, 11) is 0.410. The van der Waals surface area contributed by atoms with Crippen LogP contribution in [0, 0.1) is 6.92 Å². The van der Waals surface area contributed by atoms with Gasteiger partial charge >= 0.3 is 0 Å². The van der Waals surface area contributed by atoms with Gasteiger partial charge in [-0.05, 0) is 85.1 Å². The van der Waals surface area contributed by atoms with E-state index in [1.54, 1.807) is 12.1 Å². The van der Waals surface area contributed by atoms with Gasteiger partial charge in [-0.15, -0.1) is 0 Å². The molecule has 2 N–H and O–H groups in total. The average molecular weight is 686 g/mol. The van der Waals surface area contributed by atoms with Crippen molar-refractivity contribution >= 4 is 21.2 Å². The van der Waals surface area contributed by atoms with Gasteiger partial charge in [0.2, 0.25) is 10.0 Å². The predicted molar refractivity (Wildman–Crippen MR) is 203 cm³/mol. The van der Waals surface area contributed by atoms with Crippen molar-refractivity contribution < 1.29 is 17.7 Å². The molecule has 6 aromatic rings. The highest BCUT2D eigenvalue weighted by Gasteiger charge is 2.17. The van der Waals surface area contributed by atoms with E-state index in [1.165, 1.54) is 40.0 Å². The van der Waals surface area contributed by atoms with Gasteiger partial charge in [-0.25, -0.2) is 13.6 Å². The zero-order valence-electron chi connectivity index (χ0n) is 28.9. The van der Waals surface area contributed by atoms with Crippen molar-refractivity contribution in [3.63, 3.8) is 0 Å². The summed E-state index contributed by atoms with van der Waals surface area (Å²) in [4.78, 5) is 2.20. The second kappa shape index (κ2) is 16.9. The maximum atomic E-state index is 11.3. The van der Waals surface area contributed by atoms with Crippen LogP contribution >= 0.6 is 0 Å². The Labute approximate surface area is 295 Å². The van der Waals surface area contributed by atoms with Crippen molar-refractivity contribution in [2.75, 3.05) is 27.2 Å². The number of nitrogens with two attached hydrogens (primary N) is 1. The highest BCUT2D eigenvalue weighted by Crippen LogP contribution is 2.36. The van der Waals surface area contributed by atoms with Crippen LogP contribution < -0.4 is 9.88 Å². The first-order valence-electron chi connectivity index (χ1n) is 16.5. The number of likely N-dealkylation sites (N-methyl/N-ethyl adjacent to an activating group) is 1. The summed E-state index contributed by atoms with van der Waals surface area (Å²) in [6.07, 6.45) is 0.968. The fourth-order valence-corrected chi connectivity index (χ4v) is 6.18.